The van der Waals surface area contributed by atoms with E-state index in [1.807, 2.05) is 4.90 Å². The summed E-state index contributed by atoms with van der Waals surface area (Å²) in [6, 6.07) is 0.438. The molecule has 1 saturated carbocycles. The van der Waals surface area contributed by atoms with Crippen LogP contribution in [0.3, 0.4) is 0 Å². The lowest BCUT2D eigenvalue weighted by Gasteiger charge is -2.17. The lowest BCUT2D eigenvalue weighted by molar-refractivity contribution is -0.128. The molecule has 1 atom stereocenters. The van der Waals surface area contributed by atoms with Crippen molar-refractivity contribution in [3.05, 3.63) is 16.9 Å². The molecule has 0 radical (unpaired) electrons. The van der Waals surface area contributed by atoms with E-state index in [1.54, 1.807) is 0 Å². The summed E-state index contributed by atoms with van der Waals surface area (Å²) >= 11 is 6.12. The van der Waals surface area contributed by atoms with Crippen molar-refractivity contribution >= 4 is 29.4 Å². The van der Waals surface area contributed by atoms with Crippen LogP contribution in [-0.2, 0) is 4.79 Å². The van der Waals surface area contributed by atoms with Gasteiger partial charge in [0.05, 0.1) is 11.2 Å². The van der Waals surface area contributed by atoms with Crippen molar-refractivity contribution in [2.75, 3.05) is 31.1 Å². The third kappa shape index (κ3) is 3.56. The van der Waals surface area contributed by atoms with Crippen LogP contribution in [0.25, 0.3) is 0 Å². The van der Waals surface area contributed by atoms with E-state index in [9.17, 15) is 9.59 Å². The van der Waals surface area contributed by atoms with Crippen LogP contribution in [0.2, 0.25) is 5.02 Å². The molecule has 4 rings (SSSR count). The van der Waals surface area contributed by atoms with Gasteiger partial charge in [-0.05, 0) is 25.7 Å². The Hall–Kier alpha value is -1.89. The molecule has 7 nitrogen and oxygen atoms in total. The summed E-state index contributed by atoms with van der Waals surface area (Å²) in [7, 11) is 0. The molecule has 1 aromatic heterocycles. The number of halogens is 1. The minimum Gasteiger partial charge on any atom is -0.350 e. The smallest absolute Gasteiger partial charge is 0.271 e. The minimum absolute atomic E-state index is 0.163. The normalized spacial score (nSPS) is 23.4. The Balaban J connectivity index is 1.37. The van der Waals surface area contributed by atoms with Crippen LogP contribution >= 0.6 is 11.6 Å². The first-order valence-electron chi connectivity index (χ1n) is 8.97. The molecule has 1 N–H and O–H groups in total. The summed E-state index contributed by atoms with van der Waals surface area (Å²) in [4.78, 5) is 37.1. The van der Waals surface area contributed by atoms with Crippen molar-refractivity contribution in [1.82, 2.24) is 20.2 Å². The number of carbonyl (C=O) groups is 2. The molecule has 0 aromatic carbocycles. The zero-order valence-corrected chi connectivity index (χ0v) is 14.8. The SMILES string of the molecule is O=C(NCC1CC(=O)N(C2CC2)C1)c1nc(N2CCCC2)ncc1Cl. The lowest BCUT2D eigenvalue weighted by atomic mass is 10.1. The number of amides is 2. The predicted octanol–water partition coefficient (Wildman–Crippen LogP) is 1.47. The molecule has 3 heterocycles. The van der Waals surface area contributed by atoms with Crippen molar-refractivity contribution in [3.8, 4) is 0 Å². The average Bonchev–Trinajstić information content (AvgIpc) is 3.15. The van der Waals surface area contributed by atoms with Gasteiger partial charge in [0.15, 0.2) is 5.69 Å². The molecule has 25 heavy (non-hydrogen) atoms. The number of hydrogen-bond donors (Lipinski definition) is 1. The second-order valence-electron chi connectivity index (χ2n) is 7.12. The fourth-order valence-corrected chi connectivity index (χ4v) is 3.77. The van der Waals surface area contributed by atoms with Crippen molar-refractivity contribution < 1.29 is 9.59 Å². The van der Waals surface area contributed by atoms with Crippen LogP contribution in [0.15, 0.2) is 6.20 Å². The molecule has 1 aromatic rings. The summed E-state index contributed by atoms with van der Waals surface area (Å²) in [5.74, 6) is 0.627. The van der Waals surface area contributed by atoms with Gasteiger partial charge in [-0.3, -0.25) is 9.59 Å². The second-order valence-corrected chi connectivity index (χ2v) is 7.53. The third-order valence-corrected chi connectivity index (χ3v) is 5.39. The van der Waals surface area contributed by atoms with E-state index >= 15 is 0 Å². The van der Waals surface area contributed by atoms with Crippen LogP contribution in [0.5, 0.6) is 0 Å². The van der Waals surface area contributed by atoms with E-state index in [0.717, 1.165) is 45.3 Å². The standard InChI is InChI=1S/C17H22ClN5O2/c18-13-9-20-17(22-5-1-2-6-22)21-15(13)16(25)19-8-11-7-14(24)23(10-11)12-3-4-12/h9,11-12H,1-8,10H2,(H,19,25). The van der Waals surface area contributed by atoms with E-state index in [-0.39, 0.29) is 28.4 Å². The Kier molecular flexibility index (Phi) is 4.50. The van der Waals surface area contributed by atoms with Crippen molar-refractivity contribution in [2.24, 2.45) is 5.92 Å². The van der Waals surface area contributed by atoms with E-state index in [4.69, 9.17) is 11.6 Å². The number of nitrogens with zero attached hydrogens (tertiary/aromatic N) is 4. The fourth-order valence-electron chi connectivity index (χ4n) is 3.59. The highest BCUT2D eigenvalue weighted by Crippen LogP contribution is 2.32. The van der Waals surface area contributed by atoms with Crippen LogP contribution in [0.4, 0.5) is 5.95 Å². The molecule has 0 spiro atoms. The van der Waals surface area contributed by atoms with E-state index in [2.05, 4.69) is 20.2 Å². The second kappa shape index (κ2) is 6.78. The van der Waals surface area contributed by atoms with Crippen molar-refractivity contribution in [2.45, 2.75) is 38.1 Å². The van der Waals surface area contributed by atoms with Gasteiger partial charge in [0, 0.05) is 44.6 Å². The first kappa shape index (κ1) is 16.6. The molecule has 2 amide bonds. The maximum Gasteiger partial charge on any atom is 0.271 e. The zero-order chi connectivity index (χ0) is 17.4. The topological polar surface area (TPSA) is 78.4 Å². The summed E-state index contributed by atoms with van der Waals surface area (Å²) in [6.45, 7) is 3.02. The van der Waals surface area contributed by atoms with Gasteiger partial charge in [-0.25, -0.2) is 9.97 Å². The number of nitrogens with one attached hydrogen (secondary N) is 1. The van der Waals surface area contributed by atoms with Crippen molar-refractivity contribution in [1.29, 1.82) is 0 Å². The number of likely N-dealkylation sites (tertiary alicyclic amines) is 1. The van der Waals surface area contributed by atoms with E-state index in [1.165, 1.54) is 6.20 Å². The van der Waals surface area contributed by atoms with Gasteiger partial charge >= 0.3 is 0 Å². The molecular formula is C17H22ClN5O2. The van der Waals surface area contributed by atoms with Gasteiger partial charge in [0.2, 0.25) is 11.9 Å². The van der Waals surface area contributed by atoms with Gasteiger partial charge in [-0.15, -0.1) is 0 Å². The third-order valence-electron chi connectivity index (χ3n) is 5.11. The lowest BCUT2D eigenvalue weighted by Crippen LogP contribution is -2.33. The Bertz CT molecular complexity index is 688. The first-order chi connectivity index (χ1) is 12.1. The zero-order valence-electron chi connectivity index (χ0n) is 14.1. The van der Waals surface area contributed by atoms with Crippen LogP contribution in [-0.4, -0.2) is 58.9 Å². The number of carbonyl (C=O) groups excluding carboxylic acids is 2. The Morgan fingerprint density at radius 1 is 1.32 bits per heavy atom. The average molecular weight is 364 g/mol. The maximum absolute atomic E-state index is 12.5. The van der Waals surface area contributed by atoms with Gasteiger partial charge in [0.1, 0.15) is 0 Å². The largest absolute Gasteiger partial charge is 0.350 e. The predicted molar refractivity (Wildman–Crippen MR) is 93.7 cm³/mol. The molecule has 3 fully saturated rings. The molecule has 134 valence electrons. The van der Waals surface area contributed by atoms with Gasteiger partial charge in [-0.2, -0.15) is 0 Å². The molecule has 3 aliphatic rings. The molecule has 0 bridgehead atoms. The molecule has 8 heteroatoms. The Morgan fingerprint density at radius 2 is 2.08 bits per heavy atom. The summed E-state index contributed by atoms with van der Waals surface area (Å²) in [5.41, 5.74) is 0.210. The number of rotatable bonds is 5. The Morgan fingerprint density at radius 3 is 2.80 bits per heavy atom. The first-order valence-corrected chi connectivity index (χ1v) is 9.35. The van der Waals surface area contributed by atoms with Gasteiger partial charge in [-0.1, -0.05) is 11.6 Å². The monoisotopic (exact) mass is 363 g/mol. The highest BCUT2D eigenvalue weighted by atomic mass is 35.5. The fraction of sp³-hybridized carbons (Fsp3) is 0.647. The highest BCUT2D eigenvalue weighted by Gasteiger charge is 2.39. The summed E-state index contributed by atoms with van der Waals surface area (Å²) in [6.07, 6.45) is 6.45. The molecule has 2 saturated heterocycles. The van der Waals surface area contributed by atoms with Gasteiger partial charge in [0.25, 0.3) is 5.91 Å². The minimum atomic E-state index is -0.301. The van der Waals surface area contributed by atoms with E-state index < -0.39 is 0 Å². The number of aromatic nitrogens is 2. The molecule has 1 aliphatic carbocycles. The van der Waals surface area contributed by atoms with Crippen LogP contribution in [0.1, 0.15) is 42.6 Å². The van der Waals surface area contributed by atoms with Gasteiger partial charge < -0.3 is 15.1 Å². The quantitative estimate of drug-likeness (QED) is 0.857. The molecular weight excluding hydrogens is 342 g/mol. The summed E-state index contributed by atoms with van der Waals surface area (Å²) < 4.78 is 0. The van der Waals surface area contributed by atoms with Crippen LogP contribution < -0.4 is 10.2 Å². The highest BCUT2D eigenvalue weighted by molar-refractivity contribution is 6.33. The maximum atomic E-state index is 12.5. The number of anilines is 1. The van der Waals surface area contributed by atoms with E-state index in [0.29, 0.717) is 25.0 Å². The molecule has 2 aliphatic heterocycles. The number of hydrogen-bond acceptors (Lipinski definition) is 5. The molecule has 1 unspecified atom stereocenters. The van der Waals surface area contributed by atoms with Crippen LogP contribution in [0, 0.1) is 5.92 Å². The Labute approximate surface area is 151 Å². The summed E-state index contributed by atoms with van der Waals surface area (Å²) in [5, 5.41) is 3.14. The van der Waals surface area contributed by atoms with Crippen molar-refractivity contribution in [3.63, 3.8) is 0 Å².